The summed E-state index contributed by atoms with van der Waals surface area (Å²) in [6.07, 6.45) is -3.74. The van der Waals surface area contributed by atoms with Crippen LogP contribution < -0.4 is 9.47 Å². The van der Waals surface area contributed by atoms with Crippen LogP contribution >= 0.6 is 34.7 Å². The minimum Gasteiger partial charge on any atom is -0.493 e. The van der Waals surface area contributed by atoms with Crippen LogP contribution in [-0.4, -0.2) is 45.0 Å². The molecule has 0 radical (unpaired) electrons. The van der Waals surface area contributed by atoms with Crippen molar-refractivity contribution >= 4 is 40.7 Å². The molecule has 2 aromatic heterocycles. The van der Waals surface area contributed by atoms with Gasteiger partial charge in [-0.1, -0.05) is 30.7 Å². The third-order valence-corrected chi connectivity index (χ3v) is 10.3. The van der Waals surface area contributed by atoms with Crippen molar-refractivity contribution in [2.45, 2.75) is 49.8 Å². The Morgan fingerprint density at radius 2 is 1.93 bits per heavy atom. The molecule has 2 aromatic carbocycles. The van der Waals surface area contributed by atoms with E-state index in [1.807, 2.05) is 19.9 Å². The fraction of sp³-hybridized carbons (Fsp3) is 0.379. The Hall–Kier alpha value is -3.29. The number of rotatable bonds is 9. The molecular formula is C29H28ClF3N4O4S2. The molecule has 8 nitrogen and oxygen atoms in total. The first kappa shape index (κ1) is 31.1. The number of thioether (sulfide) groups is 1. The number of benzene rings is 2. The summed E-state index contributed by atoms with van der Waals surface area (Å²) in [5.74, 6) is -1.52. The summed E-state index contributed by atoms with van der Waals surface area (Å²) in [6.45, 7) is 3.64. The molecule has 0 fully saturated rings. The molecule has 0 saturated heterocycles. The molecule has 0 spiro atoms. The van der Waals surface area contributed by atoms with E-state index < -0.39 is 34.4 Å². The lowest BCUT2D eigenvalue weighted by atomic mass is 10.0. The first-order valence-corrected chi connectivity index (χ1v) is 15.5. The third-order valence-electron chi connectivity index (χ3n) is 7.33. The number of nitrogens with zero attached hydrogens (tertiary/aromatic N) is 4. The van der Waals surface area contributed by atoms with E-state index >= 15 is 0 Å². The number of methoxy groups -OCH3 is 2. The second kappa shape index (κ2) is 12.4. The van der Waals surface area contributed by atoms with Crippen molar-refractivity contribution in [2.24, 2.45) is 5.92 Å². The van der Waals surface area contributed by atoms with Crippen LogP contribution in [0, 0.1) is 12.8 Å². The van der Waals surface area contributed by atoms with Gasteiger partial charge in [-0.05, 0) is 49.6 Å². The molecule has 5 rings (SSSR count). The van der Waals surface area contributed by atoms with E-state index in [4.69, 9.17) is 26.1 Å². The van der Waals surface area contributed by atoms with E-state index in [1.165, 1.54) is 43.4 Å². The number of aliphatic carboxylic acids is 1. The van der Waals surface area contributed by atoms with Gasteiger partial charge in [0.2, 0.25) is 5.82 Å². The number of carboxylic acids is 1. The zero-order valence-corrected chi connectivity index (χ0v) is 26.0. The smallest absolute Gasteiger partial charge is 0.452 e. The van der Waals surface area contributed by atoms with Gasteiger partial charge in [0, 0.05) is 21.9 Å². The Bertz CT molecular complexity index is 1660. The topological polar surface area (TPSA) is 99.4 Å². The first-order chi connectivity index (χ1) is 20.5. The van der Waals surface area contributed by atoms with Crippen molar-refractivity contribution in [1.82, 2.24) is 19.7 Å². The molecular weight excluding hydrogens is 625 g/mol. The van der Waals surface area contributed by atoms with E-state index in [-0.39, 0.29) is 17.9 Å². The quantitative estimate of drug-likeness (QED) is 0.199. The van der Waals surface area contributed by atoms with Gasteiger partial charge in [-0.15, -0.1) is 33.3 Å². The van der Waals surface area contributed by atoms with Crippen molar-refractivity contribution in [1.29, 1.82) is 0 Å². The summed E-state index contributed by atoms with van der Waals surface area (Å²) in [4.78, 5) is 17.2. The predicted molar refractivity (Wildman–Crippen MR) is 159 cm³/mol. The van der Waals surface area contributed by atoms with Gasteiger partial charge in [0.25, 0.3) is 0 Å². The summed E-state index contributed by atoms with van der Waals surface area (Å²) in [6, 6.07) is 10.1. The van der Waals surface area contributed by atoms with Crippen molar-refractivity contribution < 1.29 is 32.5 Å². The number of fused-ring (bicyclic) bond motifs is 3. The maximum absolute atomic E-state index is 14.3. The number of aromatic nitrogens is 4. The molecule has 228 valence electrons. The molecule has 1 aliphatic rings. The Balaban J connectivity index is 1.68. The Kier molecular flexibility index (Phi) is 8.96. The highest BCUT2D eigenvalue weighted by atomic mass is 35.5. The van der Waals surface area contributed by atoms with Crippen LogP contribution in [-0.2, 0) is 23.8 Å². The number of carboxylic acid groups (broad SMARTS) is 1. The van der Waals surface area contributed by atoms with E-state index in [0.717, 1.165) is 9.44 Å². The number of ether oxygens (including phenoxy) is 2. The van der Waals surface area contributed by atoms with Crippen LogP contribution in [0.4, 0.5) is 13.2 Å². The molecule has 1 aliphatic heterocycles. The van der Waals surface area contributed by atoms with Crippen LogP contribution in [0.1, 0.15) is 62.2 Å². The van der Waals surface area contributed by atoms with Gasteiger partial charge in [0.15, 0.2) is 17.3 Å². The molecule has 1 N–H and O–H groups in total. The van der Waals surface area contributed by atoms with Crippen LogP contribution in [0.15, 0.2) is 36.4 Å². The highest BCUT2D eigenvalue weighted by Gasteiger charge is 2.43. The fourth-order valence-electron chi connectivity index (χ4n) is 5.22. The molecule has 0 saturated carbocycles. The summed E-state index contributed by atoms with van der Waals surface area (Å²) in [7, 11) is 3.03. The van der Waals surface area contributed by atoms with Gasteiger partial charge in [-0.3, -0.25) is 9.36 Å². The van der Waals surface area contributed by atoms with Crippen LogP contribution in [0.3, 0.4) is 0 Å². The summed E-state index contributed by atoms with van der Waals surface area (Å²) in [5, 5.41) is 17.1. The number of alkyl halides is 3. The molecule has 43 heavy (non-hydrogen) atoms. The second-order valence-electron chi connectivity index (χ2n) is 9.97. The van der Waals surface area contributed by atoms with E-state index in [1.54, 1.807) is 24.3 Å². The normalized spacial score (nSPS) is 17.1. The van der Waals surface area contributed by atoms with E-state index in [2.05, 4.69) is 10.2 Å². The molecule has 3 atom stereocenters. The van der Waals surface area contributed by atoms with E-state index in [0.29, 0.717) is 51.2 Å². The minimum absolute atomic E-state index is 0.122. The van der Waals surface area contributed by atoms with Crippen LogP contribution in [0.25, 0.3) is 5.69 Å². The maximum atomic E-state index is 14.3. The molecule has 3 heterocycles. The number of thiazole rings is 1. The van der Waals surface area contributed by atoms with Crippen molar-refractivity contribution in [3.8, 4) is 17.2 Å². The molecule has 0 amide bonds. The van der Waals surface area contributed by atoms with Crippen molar-refractivity contribution in [3.63, 3.8) is 0 Å². The third kappa shape index (κ3) is 6.07. The largest absolute Gasteiger partial charge is 0.493 e. The van der Waals surface area contributed by atoms with Gasteiger partial charge in [0.05, 0.1) is 47.0 Å². The lowest BCUT2D eigenvalue weighted by Gasteiger charge is -2.23. The highest BCUT2D eigenvalue weighted by molar-refractivity contribution is 8.00. The average Bonchev–Trinajstić information content (AvgIpc) is 3.53. The maximum Gasteiger partial charge on any atom is 0.452 e. The standard InChI is InChI=1S/C29H28ClF3N4O4S2/c1-5-15(27(38)39)11-21-14(2)34-23(42-21)13-22-26-35-36-28(29(31,32)33)37(26)19-10-9-16(30)12-18(19)25(43-22)17-7-6-8-20(40-3)24(17)41-4/h6-10,12,15,22,25H,5,11,13H2,1-4H3,(H,38,39)/t15?,22-,25-/m1/s1. The lowest BCUT2D eigenvalue weighted by Crippen LogP contribution is -2.16. The van der Waals surface area contributed by atoms with Gasteiger partial charge >= 0.3 is 12.1 Å². The van der Waals surface area contributed by atoms with Gasteiger partial charge in [-0.2, -0.15) is 13.2 Å². The SMILES string of the molecule is CCC(Cc1sc(C[C@H]2S[C@H](c3cccc(OC)c3OC)c3cc(Cl)ccc3-n3c2nnc3C(F)(F)F)nc1C)C(=O)O. The van der Waals surface area contributed by atoms with Crippen LogP contribution in [0.2, 0.25) is 5.02 Å². The average molecular weight is 653 g/mol. The zero-order valence-electron chi connectivity index (χ0n) is 23.6. The molecule has 1 unspecified atom stereocenters. The molecule has 14 heteroatoms. The zero-order chi connectivity index (χ0) is 31.1. The van der Waals surface area contributed by atoms with Gasteiger partial charge in [-0.25, -0.2) is 4.98 Å². The fourth-order valence-corrected chi connectivity index (χ4v) is 8.22. The summed E-state index contributed by atoms with van der Waals surface area (Å²) < 4.78 is 55.3. The Labute approximate surface area is 259 Å². The lowest BCUT2D eigenvalue weighted by molar-refractivity contribution is -0.146. The molecule has 0 aliphatic carbocycles. The Morgan fingerprint density at radius 3 is 2.58 bits per heavy atom. The highest BCUT2D eigenvalue weighted by Crippen LogP contribution is 2.54. The van der Waals surface area contributed by atoms with Gasteiger partial charge in [0.1, 0.15) is 0 Å². The number of hydrogen-bond acceptors (Lipinski definition) is 8. The first-order valence-electron chi connectivity index (χ1n) is 13.3. The number of aryl methyl sites for hydroxylation is 1. The number of halogens is 4. The van der Waals surface area contributed by atoms with Crippen LogP contribution in [0.5, 0.6) is 11.5 Å². The second-order valence-corrected chi connectivity index (χ2v) is 12.9. The Morgan fingerprint density at radius 1 is 1.16 bits per heavy atom. The number of para-hydroxylation sites is 1. The van der Waals surface area contributed by atoms with Gasteiger partial charge < -0.3 is 14.6 Å². The van der Waals surface area contributed by atoms with Crippen molar-refractivity contribution in [3.05, 3.63) is 79.8 Å². The number of hydrogen-bond donors (Lipinski definition) is 1. The number of carbonyl (C=O) groups is 1. The van der Waals surface area contributed by atoms with Crippen molar-refractivity contribution in [2.75, 3.05) is 14.2 Å². The van der Waals surface area contributed by atoms with E-state index in [9.17, 15) is 23.1 Å². The minimum atomic E-state index is -4.78. The monoisotopic (exact) mass is 652 g/mol. The predicted octanol–water partition coefficient (Wildman–Crippen LogP) is 7.49. The summed E-state index contributed by atoms with van der Waals surface area (Å²) >= 11 is 9.19. The molecule has 0 bridgehead atoms. The molecule has 4 aromatic rings. The summed E-state index contributed by atoms with van der Waals surface area (Å²) in [5.41, 5.74) is 2.18.